The summed E-state index contributed by atoms with van der Waals surface area (Å²) in [6.07, 6.45) is 4.21. The summed E-state index contributed by atoms with van der Waals surface area (Å²) >= 11 is 0. The van der Waals surface area contributed by atoms with Gasteiger partial charge in [-0.05, 0) is 36.2 Å². The average Bonchev–Trinajstić information content (AvgIpc) is 3.03. The van der Waals surface area contributed by atoms with Crippen LogP contribution in [0.25, 0.3) is 0 Å². The van der Waals surface area contributed by atoms with E-state index in [4.69, 9.17) is 0 Å². The lowest BCUT2D eigenvalue weighted by Gasteiger charge is -2.41. The van der Waals surface area contributed by atoms with Crippen molar-refractivity contribution in [1.29, 1.82) is 0 Å². The van der Waals surface area contributed by atoms with Gasteiger partial charge in [0.15, 0.2) is 0 Å². The third kappa shape index (κ3) is 3.09. The molecule has 0 aliphatic carbocycles. The fraction of sp³-hybridized carbons (Fsp3) is 0.421. The predicted octanol–water partition coefficient (Wildman–Crippen LogP) is 1.65. The van der Waals surface area contributed by atoms with Crippen LogP contribution in [0.1, 0.15) is 28.9 Å². The van der Waals surface area contributed by atoms with Crippen LogP contribution in [-0.2, 0) is 24.5 Å². The van der Waals surface area contributed by atoms with Crippen molar-refractivity contribution in [2.45, 2.75) is 33.0 Å². The fourth-order valence-corrected chi connectivity index (χ4v) is 3.70. The van der Waals surface area contributed by atoms with Crippen LogP contribution in [-0.4, -0.2) is 39.0 Å². The predicted molar refractivity (Wildman–Crippen MR) is 93.7 cm³/mol. The molecule has 130 valence electrons. The first kappa shape index (κ1) is 16.0. The average molecular weight is 338 g/mol. The van der Waals surface area contributed by atoms with E-state index in [1.54, 1.807) is 6.20 Å². The first-order valence-corrected chi connectivity index (χ1v) is 8.66. The van der Waals surface area contributed by atoms with Gasteiger partial charge in [-0.2, -0.15) is 0 Å². The minimum atomic E-state index is -0.0612. The minimum absolute atomic E-state index is 0.0612. The lowest BCUT2D eigenvalue weighted by atomic mass is 9.95. The van der Waals surface area contributed by atoms with E-state index in [0.29, 0.717) is 31.1 Å². The Labute approximate surface area is 147 Å². The van der Waals surface area contributed by atoms with Crippen molar-refractivity contribution in [3.05, 3.63) is 53.1 Å². The first-order chi connectivity index (χ1) is 12.1. The van der Waals surface area contributed by atoms with Gasteiger partial charge in [-0.3, -0.25) is 14.8 Å². The molecule has 1 saturated heterocycles. The number of carbonyl (C=O) groups is 1. The molecule has 0 aromatic carbocycles. The molecule has 2 aromatic heterocycles. The van der Waals surface area contributed by atoms with Crippen molar-refractivity contribution in [2.24, 2.45) is 5.92 Å². The molecular formula is C19H22N4O2. The molecule has 0 unspecified atom stereocenters. The van der Waals surface area contributed by atoms with Crippen LogP contribution in [0, 0.1) is 12.8 Å². The lowest BCUT2D eigenvalue weighted by molar-refractivity contribution is -0.133. The molecule has 4 heterocycles. The highest BCUT2D eigenvalue weighted by Gasteiger charge is 2.32. The van der Waals surface area contributed by atoms with Gasteiger partial charge in [-0.15, -0.1) is 0 Å². The summed E-state index contributed by atoms with van der Waals surface area (Å²) < 4.78 is 0. The Balaban J connectivity index is 1.34. The van der Waals surface area contributed by atoms with E-state index in [2.05, 4.69) is 20.9 Å². The standard InChI is InChI=1S/C19H22N4O2/c1-13-5-15(12-24)21-18-11-23(10-17(13)18)19(25)6-14-8-22(9-14)16-3-2-4-20-7-16/h2-5,7,14,24H,6,8-12H2,1H3. The second-order valence-electron chi connectivity index (χ2n) is 6.95. The van der Waals surface area contributed by atoms with Gasteiger partial charge in [0, 0.05) is 38.2 Å². The number of hydrogen-bond acceptors (Lipinski definition) is 5. The number of nitrogens with zero attached hydrogens (tertiary/aromatic N) is 4. The van der Waals surface area contributed by atoms with E-state index in [9.17, 15) is 9.90 Å². The Morgan fingerprint density at radius 3 is 2.92 bits per heavy atom. The maximum atomic E-state index is 12.6. The summed E-state index contributed by atoms with van der Waals surface area (Å²) in [5.41, 5.74) is 4.97. The molecule has 0 radical (unpaired) electrons. The van der Waals surface area contributed by atoms with Crippen molar-refractivity contribution < 1.29 is 9.90 Å². The van der Waals surface area contributed by atoms with Crippen LogP contribution >= 0.6 is 0 Å². The Morgan fingerprint density at radius 2 is 2.20 bits per heavy atom. The Morgan fingerprint density at radius 1 is 1.36 bits per heavy atom. The Hall–Kier alpha value is -2.47. The molecule has 0 atom stereocenters. The van der Waals surface area contributed by atoms with Crippen molar-refractivity contribution in [3.63, 3.8) is 0 Å². The normalized spacial score (nSPS) is 16.7. The van der Waals surface area contributed by atoms with Gasteiger partial charge in [0.25, 0.3) is 0 Å². The van der Waals surface area contributed by atoms with Crippen LogP contribution in [0.15, 0.2) is 30.6 Å². The van der Waals surface area contributed by atoms with Gasteiger partial charge in [0.05, 0.1) is 36.4 Å². The van der Waals surface area contributed by atoms with Gasteiger partial charge < -0.3 is 14.9 Å². The van der Waals surface area contributed by atoms with E-state index < -0.39 is 0 Å². The highest BCUT2D eigenvalue weighted by atomic mass is 16.3. The molecule has 0 bridgehead atoms. The number of aliphatic hydroxyl groups is 1. The quantitative estimate of drug-likeness (QED) is 0.918. The zero-order chi connectivity index (χ0) is 17.4. The highest BCUT2D eigenvalue weighted by molar-refractivity contribution is 5.77. The Kier molecular flexibility index (Phi) is 4.13. The summed E-state index contributed by atoms with van der Waals surface area (Å²) in [6.45, 7) is 4.97. The highest BCUT2D eigenvalue weighted by Crippen LogP contribution is 2.29. The second-order valence-corrected chi connectivity index (χ2v) is 6.95. The van der Waals surface area contributed by atoms with Crippen molar-refractivity contribution in [2.75, 3.05) is 18.0 Å². The summed E-state index contributed by atoms with van der Waals surface area (Å²) in [5.74, 6) is 0.595. The maximum Gasteiger partial charge on any atom is 0.223 e. The molecule has 0 spiro atoms. The molecule has 6 nitrogen and oxygen atoms in total. The van der Waals surface area contributed by atoms with Gasteiger partial charge >= 0.3 is 0 Å². The van der Waals surface area contributed by atoms with E-state index >= 15 is 0 Å². The molecule has 2 aliphatic rings. The van der Waals surface area contributed by atoms with Gasteiger partial charge in [-0.1, -0.05) is 0 Å². The van der Waals surface area contributed by atoms with E-state index in [0.717, 1.165) is 35.6 Å². The molecule has 6 heteroatoms. The van der Waals surface area contributed by atoms with Crippen LogP contribution < -0.4 is 4.90 Å². The molecule has 25 heavy (non-hydrogen) atoms. The Bertz CT molecular complexity index is 788. The number of aryl methyl sites for hydroxylation is 1. The third-order valence-electron chi connectivity index (χ3n) is 5.12. The number of pyridine rings is 2. The molecule has 0 saturated carbocycles. The molecule has 1 N–H and O–H groups in total. The summed E-state index contributed by atoms with van der Waals surface area (Å²) in [7, 11) is 0. The molecule has 1 amide bonds. The fourth-order valence-electron chi connectivity index (χ4n) is 3.70. The van der Waals surface area contributed by atoms with Gasteiger partial charge in [-0.25, -0.2) is 0 Å². The summed E-state index contributed by atoms with van der Waals surface area (Å²) in [4.78, 5) is 25.4. The van der Waals surface area contributed by atoms with Crippen molar-refractivity contribution in [3.8, 4) is 0 Å². The van der Waals surface area contributed by atoms with Crippen LogP contribution in [0.5, 0.6) is 0 Å². The van der Waals surface area contributed by atoms with Crippen molar-refractivity contribution in [1.82, 2.24) is 14.9 Å². The number of aromatic nitrogens is 2. The number of carbonyl (C=O) groups excluding carboxylic acids is 1. The topological polar surface area (TPSA) is 69.6 Å². The number of rotatable bonds is 4. The van der Waals surface area contributed by atoms with E-state index in [-0.39, 0.29) is 12.5 Å². The van der Waals surface area contributed by atoms with Gasteiger partial charge in [0.1, 0.15) is 0 Å². The second kappa shape index (κ2) is 6.44. The maximum absolute atomic E-state index is 12.6. The monoisotopic (exact) mass is 338 g/mol. The van der Waals surface area contributed by atoms with Crippen molar-refractivity contribution >= 4 is 11.6 Å². The molecular weight excluding hydrogens is 316 g/mol. The molecule has 4 rings (SSSR count). The zero-order valence-electron chi connectivity index (χ0n) is 14.4. The third-order valence-corrected chi connectivity index (χ3v) is 5.12. The first-order valence-electron chi connectivity index (χ1n) is 8.66. The number of fused-ring (bicyclic) bond motifs is 1. The van der Waals surface area contributed by atoms with Gasteiger partial charge in [0.2, 0.25) is 5.91 Å². The molecule has 2 aromatic rings. The summed E-state index contributed by atoms with van der Waals surface area (Å²) in [5, 5.41) is 9.29. The number of aliphatic hydroxyl groups excluding tert-OH is 1. The number of hydrogen-bond donors (Lipinski definition) is 1. The van der Waals surface area contributed by atoms with Crippen LogP contribution in [0.2, 0.25) is 0 Å². The largest absolute Gasteiger partial charge is 0.390 e. The number of anilines is 1. The smallest absolute Gasteiger partial charge is 0.223 e. The van der Waals surface area contributed by atoms with Crippen LogP contribution in [0.3, 0.4) is 0 Å². The zero-order valence-corrected chi connectivity index (χ0v) is 14.4. The lowest BCUT2D eigenvalue weighted by Crippen LogP contribution is -2.48. The van der Waals surface area contributed by atoms with E-state index in [1.807, 2.05) is 30.2 Å². The SMILES string of the molecule is Cc1cc(CO)nc2c1CN(C(=O)CC1CN(c3cccnc3)C1)C2. The minimum Gasteiger partial charge on any atom is -0.390 e. The van der Waals surface area contributed by atoms with Crippen LogP contribution in [0.4, 0.5) is 5.69 Å². The number of amides is 1. The molecule has 1 fully saturated rings. The summed E-state index contributed by atoms with van der Waals surface area (Å²) in [6, 6.07) is 5.89. The van der Waals surface area contributed by atoms with E-state index in [1.165, 1.54) is 0 Å². The molecule has 2 aliphatic heterocycles.